The van der Waals surface area contributed by atoms with Gasteiger partial charge in [0.05, 0.1) is 6.20 Å². The van der Waals surface area contributed by atoms with Crippen molar-refractivity contribution in [2.45, 2.75) is 84.6 Å². The Hall–Kier alpha value is -1.23. The second kappa shape index (κ2) is 13.4. The quantitative estimate of drug-likeness (QED) is 0.647. The minimum atomic E-state index is -0.227. The lowest BCUT2D eigenvalue weighted by Crippen LogP contribution is -2.44. The van der Waals surface area contributed by atoms with Gasteiger partial charge in [-0.1, -0.05) is 58.6 Å². The molecular formula is C17H34N4O. The zero-order chi connectivity index (χ0) is 16.7. The van der Waals surface area contributed by atoms with E-state index < -0.39 is 0 Å². The highest BCUT2D eigenvalue weighted by Gasteiger charge is 2.23. The third kappa shape index (κ3) is 9.66. The molecule has 22 heavy (non-hydrogen) atoms. The van der Waals surface area contributed by atoms with Crippen molar-refractivity contribution in [1.82, 2.24) is 20.7 Å². The fraction of sp³-hybridized carbons (Fsp3) is 0.824. The van der Waals surface area contributed by atoms with Crippen LogP contribution in [0.5, 0.6) is 0 Å². The van der Waals surface area contributed by atoms with Gasteiger partial charge in [-0.2, -0.15) is 0 Å². The van der Waals surface area contributed by atoms with Crippen molar-refractivity contribution in [3.63, 3.8) is 0 Å². The number of aromatic nitrogens is 3. The minimum absolute atomic E-state index is 0.227. The summed E-state index contributed by atoms with van der Waals surface area (Å²) in [5, 5.41) is 12.4. The number of hydrogen-bond acceptors (Lipinski definition) is 4. The molecule has 0 unspecified atom stereocenters. The molecule has 0 atom stereocenters. The first kappa shape index (κ1) is 20.8. The lowest BCUT2D eigenvalue weighted by Gasteiger charge is -2.33. The van der Waals surface area contributed by atoms with Crippen LogP contribution in [-0.2, 0) is 0 Å². The second-order valence-corrected chi connectivity index (χ2v) is 5.73. The van der Waals surface area contributed by atoms with Crippen molar-refractivity contribution in [2.75, 3.05) is 6.54 Å². The topological polar surface area (TPSA) is 70.7 Å². The van der Waals surface area contributed by atoms with E-state index in [4.69, 9.17) is 0 Å². The number of nitrogens with one attached hydrogen (secondary N) is 2. The summed E-state index contributed by atoms with van der Waals surface area (Å²) < 4.78 is 0. The molecule has 0 saturated heterocycles. The van der Waals surface area contributed by atoms with Gasteiger partial charge in [-0.3, -0.25) is 4.79 Å². The first-order valence-corrected chi connectivity index (χ1v) is 8.75. The van der Waals surface area contributed by atoms with E-state index in [0.717, 1.165) is 0 Å². The molecule has 5 heteroatoms. The zero-order valence-corrected chi connectivity index (χ0v) is 14.8. The van der Waals surface area contributed by atoms with Crippen molar-refractivity contribution >= 4 is 0 Å². The Balaban J connectivity index is 0.000000518. The van der Waals surface area contributed by atoms with E-state index in [0.29, 0.717) is 5.54 Å². The smallest absolute Gasteiger partial charge is 0.267 e. The Morgan fingerprint density at radius 1 is 1.09 bits per heavy atom. The lowest BCUT2D eigenvalue weighted by molar-refractivity contribution is 0.275. The van der Waals surface area contributed by atoms with Gasteiger partial charge in [-0.25, -0.2) is 5.10 Å². The van der Waals surface area contributed by atoms with Gasteiger partial charge in [-0.05, 0) is 32.2 Å². The van der Waals surface area contributed by atoms with Gasteiger partial charge in [0.15, 0.2) is 0 Å². The van der Waals surface area contributed by atoms with E-state index in [9.17, 15) is 4.79 Å². The summed E-state index contributed by atoms with van der Waals surface area (Å²) in [5.74, 6) is 0. The van der Waals surface area contributed by atoms with Gasteiger partial charge in [-0.15, -0.1) is 5.10 Å². The van der Waals surface area contributed by atoms with Gasteiger partial charge < -0.3 is 5.32 Å². The van der Waals surface area contributed by atoms with Crippen molar-refractivity contribution in [1.29, 1.82) is 0 Å². The fourth-order valence-electron chi connectivity index (χ4n) is 2.58. The molecule has 0 aliphatic carbocycles. The van der Waals surface area contributed by atoms with E-state index in [1.807, 2.05) is 0 Å². The number of unbranched alkanes of at least 4 members (excludes halogenated alkanes) is 3. The summed E-state index contributed by atoms with van der Waals surface area (Å²) in [7, 11) is 0. The number of aromatic amines is 1. The molecule has 0 aliphatic heterocycles. The highest BCUT2D eigenvalue weighted by Crippen LogP contribution is 2.21. The molecule has 0 radical (unpaired) electrons. The molecule has 0 aromatic carbocycles. The molecule has 1 heterocycles. The van der Waals surface area contributed by atoms with Crippen LogP contribution < -0.4 is 10.9 Å². The van der Waals surface area contributed by atoms with Crippen LogP contribution >= 0.6 is 0 Å². The summed E-state index contributed by atoms with van der Waals surface area (Å²) in [6, 6.07) is 1.30. The molecule has 1 aromatic heterocycles. The molecule has 0 aliphatic rings. The van der Waals surface area contributed by atoms with Gasteiger partial charge in [0, 0.05) is 11.6 Å². The second-order valence-electron chi connectivity index (χ2n) is 5.73. The molecule has 1 rings (SSSR count). The van der Waals surface area contributed by atoms with Crippen LogP contribution in [0.3, 0.4) is 0 Å². The predicted molar refractivity (Wildman–Crippen MR) is 93.0 cm³/mol. The standard InChI is InChI=1S/C14H31N.C3H3N3O/c1-5-9-10-11-13-15-14(7-3,8-4)12-6-2;7-3-1-2-4-6-5-3/h15H,5-13H2,1-4H3;1-2H,(H,4,5,7). The molecular weight excluding hydrogens is 276 g/mol. The van der Waals surface area contributed by atoms with Gasteiger partial charge in [0.2, 0.25) is 0 Å². The monoisotopic (exact) mass is 310 g/mol. The largest absolute Gasteiger partial charge is 0.311 e. The number of rotatable bonds is 10. The van der Waals surface area contributed by atoms with Crippen LogP contribution in [0.15, 0.2) is 17.1 Å². The molecule has 0 fully saturated rings. The van der Waals surface area contributed by atoms with Gasteiger partial charge in [0.25, 0.3) is 5.56 Å². The molecule has 0 spiro atoms. The van der Waals surface area contributed by atoms with E-state index in [1.54, 1.807) is 0 Å². The number of nitrogens with zero attached hydrogens (tertiary/aromatic N) is 2. The number of hydrogen-bond donors (Lipinski definition) is 2. The maximum Gasteiger partial charge on any atom is 0.267 e. The molecule has 0 amide bonds. The summed E-state index contributed by atoms with van der Waals surface area (Å²) in [6.45, 7) is 10.4. The SMILES string of the molecule is CCCCCCNC(CC)(CC)CCC.O=c1ccnn[nH]1. The van der Waals surface area contributed by atoms with Crippen LogP contribution in [0.2, 0.25) is 0 Å². The van der Waals surface area contributed by atoms with E-state index in [1.165, 1.54) is 70.2 Å². The van der Waals surface area contributed by atoms with Crippen molar-refractivity contribution in [3.05, 3.63) is 22.6 Å². The zero-order valence-electron chi connectivity index (χ0n) is 14.8. The summed E-state index contributed by atoms with van der Waals surface area (Å²) in [6.07, 6.45) is 12.0. The highest BCUT2D eigenvalue weighted by atomic mass is 16.1. The molecule has 0 saturated carbocycles. The summed E-state index contributed by atoms with van der Waals surface area (Å²) >= 11 is 0. The van der Waals surface area contributed by atoms with Crippen LogP contribution in [0.25, 0.3) is 0 Å². The molecule has 5 nitrogen and oxygen atoms in total. The van der Waals surface area contributed by atoms with E-state index >= 15 is 0 Å². The Labute approximate surface area is 135 Å². The fourth-order valence-corrected chi connectivity index (χ4v) is 2.58. The molecule has 2 N–H and O–H groups in total. The maximum atomic E-state index is 10.1. The average molecular weight is 310 g/mol. The number of H-pyrrole nitrogens is 1. The molecule has 0 bridgehead atoms. The Bertz CT molecular complexity index is 384. The Morgan fingerprint density at radius 2 is 1.82 bits per heavy atom. The summed E-state index contributed by atoms with van der Waals surface area (Å²) in [4.78, 5) is 10.1. The highest BCUT2D eigenvalue weighted by molar-refractivity contribution is 4.84. The third-order valence-corrected chi connectivity index (χ3v) is 4.12. The van der Waals surface area contributed by atoms with Crippen LogP contribution in [0, 0.1) is 0 Å². The summed E-state index contributed by atoms with van der Waals surface area (Å²) in [5.41, 5.74) is 0.205. The van der Waals surface area contributed by atoms with Crippen LogP contribution in [0.4, 0.5) is 0 Å². The first-order valence-electron chi connectivity index (χ1n) is 8.75. The molecule has 128 valence electrons. The van der Waals surface area contributed by atoms with E-state index in [-0.39, 0.29) is 5.56 Å². The third-order valence-electron chi connectivity index (χ3n) is 4.12. The lowest BCUT2D eigenvalue weighted by atomic mass is 9.87. The van der Waals surface area contributed by atoms with E-state index in [2.05, 4.69) is 48.4 Å². The van der Waals surface area contributed by atoms with Crippen LogP contribution in [-0.4, -0.2) is 27.5 Å². The van der Waals surface area contributed by atoms with Gasteiger partial charge in [0.1, 0.15) is 0 Å². The Kier molecular flexibility index (Phi) is 12.7. The van der Waals surface area contributed by atoms with Crippen molar-refractivity contribution in [2.24, 2.45) is 0 Å². The first-order chi connectivity index (χ1) is 10.6. The van der Waals surface area contributed by atoms with Crippen LogP contribution in [0.1, 0.15) is 79.1 Å². The minimum Gasteiger partial charge on any atom is -0.311 e. The molecule has 1 aromatic rings. The maximum absolute atomic E-state index is 10.1. The van der Waals surface area contributed by atoms with Gasteiger partial charge >= 0.3 is 0 Å². The average Bonchev–Trinajstić information content (AvgIpc) is 2.55. The predicted octanol–water partition coefficient (Wildman–Crippen LogP) is 3.68. The van der Waals surface area contributed by atoms with Crippen molar-refractivity contribution < 1.29 is 0 Å². The van der Waals surface area contributed by atoms with Crippen molar-refractivity contribution in [3.8, 4) is 0 Å². The Morgan fingerprint density at radius 3 is 2.23 bits per heavy atom. The normalized spacial score (nSPS) is 10.9.